The number of hydrogen-bond acceptors (Lipinski definition) is 4. The molecule has 0 aliphatic carbocycles. The first-order chi connectivity index (χ1) is 8.07. The molecule has 0 aromatic carbocycles. The lowest BCUT2D eigenvalue weighted by Crippen LogP contribution is -2.19. The molecular formula is C7H3ClF6N2S2. The Balaban J connectivity index is 2.93. The van der Waals surface area contributed by atoms with E-state index >= 15 is 0 Å². The van der Waals surface area contributed by atoms with Gasteiger partial charge in [-0.25, -0.2) is 8.69 Å². The molecule has 0 radical (unpaired) electrons. The Hall–Kier alpha value is -0.480. The molecule has 0 amide bonds. The van der Waals surface area contributed by atoms with E-state index in [1.807, 2.05) is 0 Å². The van der Waals surface area contributed by atoms with Crippen molar-refractivity contribution in [1.29, 1.82) is 0 Å². The van der Waals surface area contributed by atoms with Gasteiger partial charge in [0.2, 0.25) is 0 Å². The highest BCUT2D eigenvalue weighted by atomic mass is 35.5. The topological polar surface area (TPSA) is 16.1 Å². The van der Waals surface area contributed by atoms with Gasteiger partial charge in [-0.15, -0.1) is 0 Å². The summed E-state index contributed by atoms with van der Waals surface area (Å²) < 4.78 is 72.7. The highest BCUT2D eigenvalue weighted by Crippen LogP contribution is 2.45. The van der Waals surface area contributed by atoms with E-state index in [0.717, 1.165) is 18.3 Å². The van der Waals surface area contributed by atoms with Crippen molar-refractivity contribution >= 4 is 41.3 Å². The van der Waals surface area contributed by atoms with Gasteiger partial charge in [0.15, 0.2) is 0 Å². The second kappa shape index (κ2) is 5.66. The standard InChI is InChI=1S/C7H3ClF6N2S2/c8-4-1-2-5(15-3-4)16(17-6(9,10)11)18-7(12,13)14/h1-3H. The lowest BCUT2D eigenvalue weighted by molar-refractivity contribution is -0.0340. The zero-order valence-corrected chi connectivity index (χ0v) is 10.5. The average molecular weight is 329 g/mol. The third kappa shape index (κ3) is 5.91. The van der Waals surface area contributed by atoms with Crippen molar-refractivity contribution in [2.24, 2.45) is 0 Å². The number of halogens is 7. The monoisotopic (exact) mass is 328 g/mol. The summed E-state index contributed by atoms with van der Waals surface area (Å²) in [7, 11) is 0. The lowest BCUT2D eigenvalue weighted by Gasteiger charge is -2.22. The fourth-order valence-corrected chi connectivity index (χ4v) is 2.32. The largest absolute Gasteiger partial charge is 0.462 e. The van der Waals surface area contributed by atoms with Crippen molar-refractivity contribution in [1.82, 2.24) is 4.98 Å². The summed E-state index contributed by atoms with van der Waals surface area (Å²) in [5, 5.41) is 0.104. The Morgan fingerprint density at radius 3 is 1.83 bits per heavy atom. The van der Waals surface area contributed by atoms with Gasteiger partial charge in [0, 0.05) is 6.20 Å². The van der Waals surface area contributed by atoms with E-state index in [2.05, 4.69) is 4.98 Å². The molecule has 0 aliphatic heterocycles. The second-order valence-electron chi connectivity index (χ2n) is 2.67. The zero-order chi connectivity index (χ0) is 14.0. The maximum absolute atomic E-state index is 12.1. The minimum Gasteiger partial charge on any atom is -0.236 e. The Morgan fingerprint density at radius 2 is 1.50 bits per heavy atom. The third-order valence-corrected chi connectivity index (χ3v) is 3.06. The second-order valence-corrected chi connectivity index (χ2v) is 5.35. The molecule has 102 valence electrons. The molecule has 1 heterocycles. The summed E-state index contributed by atoms with van der Waals surface area (Å²) in [6, 6.07) is 2.10. The van der Waals surface area contributed by atoms with Crippen LogP contribution in [0.15, 0.2) is 18.3 Å². The Kier molecular flexibility index (Phi) is 4.90. The van der Waals surface area contributed by atoms with Crippen LogP contribution in [0.4, 0.5) is 32.2 Å². The quantitative estimate of drug-likeness (QED) is 0.580. The molecule has 1 aromatic rings. The van der Waals surface area contributed by atoms with Crippen LogP contribution in [-0.2, 0) is 0 Å². The maximum Gasteiger partial charge on any atom is 0.462 e. The number of aromatic nitrogens is 1. The van der Waals surface area contributed by atoms with Gasteiger partial charge in [0.05, 0.1) is 28.9 Å². The third-order valence-electron chi connectivity index (χ3n) is 1.27. The normalized spacial score (nSPS) is 12.6. The zero-order valence-electron chi connectivity index (χ0n) is 8.09. The molecule has 2 nitrogen and oxygen atoms in total. The number of rotatable bonds is 3. The van der Waals surface area contributed by atoms with Gasteiger partial charge in [-0.2, -0.15) is 26.3 Å². The molecule has 0 spiro atoms. The van der Waals surface area contributed by atoms with Crippen molar-refractivity contribution in [3.63, 3.8) is 0 Å². The molecule has 0 atom stereocenters. The van der Waals surface area contributed by atoms with E-state index in [1.165, 1.54) is 0 Å². The van der Waals surface area contributed by atoms with Crippen LogP contribution in [0.1, 0.15) is 0 Å². The predicted molar refractivity (Wildman–Crippen MR) is 59.0 cm³/mol. The molecule has 18 heavy (non-hydrogen) atoms. The fraction of sp³-hybridized carbons (Fsp3) is 0.286. The number of anilines is 1. The summed E-state index contributed by atoms with van der Waals surface area (Å²) in [5.74, 6) is -0.510. The van der Waals surface area contributed by atoms with Gasteiger partial charge < -0.3 is 0 Å². The maximum atomic E-state index is 12.1. The average Bonchev–Trinajstić information content (AvgIpc) is 2.13. The van der Waals surface area contributed by atoms with Crippen molar-refractivity contribution in [2.45, 2.75) is 11.0 Å². The van der Waals surface area contributed by atoms with Crippen LogP contribution in [0.5, 0.6) is 0 Å². The van der Waals surface area contributed by atoms with Crippen LogP contribution < -0.4 is 3.71 Å². The van der Waals surface area contributed by atoms with Crippen molar-refractivity contribution in [3.8, 4) is 0 Å². The van der Waals surface area contributed by atoms with E-state index < -0.39 is 40.7 Å². The summed E-state index contributed by atoms with van der Waals surface area (Å²) in [6.45, 7) is 0. The van der Waals surface area contributed by atoms with Crippen molar-refractivity contribution in [3.05, 3.63) is 23.4 Å². The van der Waals surface area contributed by atoms with Gasteiger partial charge >= 0.3 is 11.0 Å². The highest BCUT2D eigenvalue weighted by Gasteiger charge is 2.40. The summed E-state index contributed by atoms with van der Waals surface area (Å²) in [5.41, 5.74) is -9.72. The minimum atomic E-state index is -4.86. The van der Waals surface area contributed by atoms with E-state index in [9.17, 15) is 26.3 Å². The van der Waals surface area contributed by atoms with Gasteiger partial charge in [-0.05, 0) is 12.1 Å². The van der Waals surface area contributed by atoms with Gasteiger partial charge in [0.1, 0.15) is 5.82 Å². The molecule has 0 unspecified atom stereocenters. The Morgan fingerprint density at radius 1 is 1.00 bits per heavy atom. The molecule has 1 rings (SSSR count). The van der Waals surface area contributed by atoms with E-state index in [0.29, 0.717) is 0 Å². The van der Waals surface area contributed by atoms with E-state index in [4.69, 9.17) is 11.6 Å². The predicted octanol–water partition coefficient (Wildman–Crippen LogP) is 4.88. The molecule has 0 fully saturated rings. The molecule has 0 saturated carbocycles. The summed E-state index contributed by atoms with van der Waals surface area (Å²) >= 11 is 3.56. The molecule has 1 aromatic heterocycles. The van der Waals surface area contributed by atoms with Crippen LogP contribution >= 0.6 is 35.5 Å². The number of alkyl halides is 6. The number of pyridine rings is 1. The Bertz CT molecular complexity index is 376. The van der Waals surface area contributed by atoms with E-state index in [-0.39, 0.29) is 8.73 Å². The molecule has 11 heteroatoms. The van der Waals surface area contributed by atoms with E-state index in [1.54, 1.807) is 0 Å². The summed E-state index contributed by atoms with van der Waals surface area (Å²) in [6.07, 6.45) is 0.956. The first-order valence-corrected chi connectivity index (χ1v) is 5.93. The first-order valence-electron chi connectivity index (χ1n) is 4.00. The number of hydrogen-bond donors (Lipinski definition) is 0. The summed E-state index contributed by atoms with van der Waals surface area (Å²) in [4.78, 5) is 3.40. The lowest BCUT2D eigenvalue weighted by atomic mass is 10.5. The smallest absolute Gasteiger partial charge is 0.236 e. The van der Waals surface area contributed by atoms with Crippen LogP contribution in [0.25, 0.3) is 0 Å². The molecule has 0 saturated heterocycles. The van der Waals surface area contributed by atoms with Gasteiger partial charge in [-0.1, -0.05) is 11.6 Å². The van der Waals surface area contributed by atoms with Gasteiger partial charge in [-0.3, -0.25) is 0 Å². The van der Waals surface area contributed by atoms with Gasteiger partial charge in [0.25, 0.3) is 0 Å². The van der Waals surface area contributed by atoms with Crippen molar-refractivity contribution in [2.75, 3.05) is 3.71 Å². The number of nitrogens with zero attached hydrogens (tertiary/aromatic N) is 2. The highest BCUT2D eigenvalue weighted by molar-refractivity contribution is 8.18. The molecule has 0 aliphatic rings. The van der Waals surface area contributed by atoms with Crippen LogP contribution in [0.2, 0.25) is 5.02 Å². The fourth-order valence-electron chi connectivity index (χ4n) is 0.776. The van der Waals surface area contributed by atoms with Crippen LogP contribution in [0, 0.1) is 0 Å². The molecule has 0 N–H and O–H groups in total. The first kappa shape index (κ1) is 15.6. The molecule has 0 bridgehead atoms. The van der Waals surface area contributed by atoms with Crippen molar-refractivity contribution < 1.29 is 26.3 Å². The van der Waals surface area contributed by atoms with Crippen LogP contribution in [-0.4, -0.2) is 16.0 Å². The Labute approximate surface area is 111 Å². The molecular weight excluding hydrogens is 326 g/mol. The van der Waals surface area contributed by atoms with Crippen LogP contribution in [0.3, 0.4) is 0 Å². The minimum absolute atomic E-state index is 0.0731. The SMILES string of the molecule is FC(F)(F)SN(SC(F)(F)F)c1ccc(Cl)cn1.